The van der Waals surface area contributed by atoms with Crippen LogP contribution >= 0.6 is 37.2 Å². The Morgan fingerprint density at radius 3 is 0.854 bits per heavy atom. The molecule has 0 amide bonds. The molecule has 1 unspecified atom stereocenters. The molecule has 0 spiro atoms. The van der Waals surface area contributed by atoms with E-state index >= 15 is 0 Å². The average molecular weight is 761 g/mol. The molecule has 0 nitrogen and oxygen atoms in total. The topological polar surface area (TPSA) is 0 Å². The molecule has 1 atom stereocenters. The summed E-state index contributed by atoms with van der Waals surface area (Å²) >= 11 is 2.38. The Labute approximate surface area is 326 Å². The molecule has 0 fully saturated rings. The summed E-state index contributed by atoms with van der Waals surface area (Å²) in [5.74, 6) is 3.23. The Balaban J connectivity index is 0.00000384. The number of hydrogen-bond donors (Lipinski definition) is 0. The van der Waals surface area contributed by atoms with Gasteiger partial charge in [0.2, 0.25) is 0 Å². The van der Waals surface area contributed by atoms with E-state index in [9.17, 15) is 0 Å². The molecule has 3 aromatic rings. The van der Waals surface area contributed by atoms with E-state index in [0.717, 1.165) is 0 Å². The third-order valence-electron chi connectivity index (χ3n) is 10.3. The van der Waals surface area contributed by atoms with E-state index in [-0.39, 0.29) is 37.2 Å². The van der Waals surface area contributed by atoms with Gasteiger partial charge in [-0.05, 0) is 0 Å². The average Bonchev–Trinajstić information content (AvgIpc) is 3.24. The zero-order chi connectivity index (χ0) is 33.5. The number of halogens is 3. The van der Waals surface area contributed by atoms with Crippen molar-refractivity contribution in [1.29, 1.82) is 0 Å². The van der Waals surface area contributed by atoms with Crippen LogP contribution in [-0.4, -0.2) is 8.07 Å². The van der Waals surface area contributed by atoms with Crippen LogP contribution in [0.2, 0.25) is 0 Å². The maximum atomic E-state index is 2.67. The Hall–Kier alpha value is -1.06. The van der Waals surface area contributed by atoms with Crippen LogP contribution in [0.1, 0.15) is 166 Å². The monoisotopic (exact) mass is 759 g/mol. The molecule has 0 saturated carbocycles. The summed E-state index contributed by atoms with van der Waals surface area (Å²) in [5.41, 5.74) is 10.3. The van der Waals surface area contributed by atoms with Gasteiger partial charge >= 0.3 is 291 Å². The van der Waals surface area contributed by atoms with Gasteiger partial charge in [-0.1, -0.05) is 0 Å². The molecule has 0 bridgehead atoms. The molecule has 0 heterocycles. The molecule has 5 heteroatoms. The number of benzene rings is 3. The van der Waals surface area contributed by atoms with Gasteiger partial charge in [0.1, 0.15) is 0 Å². The maximum Gasteiger partial charge on any atom is -0.147 e. The molecule has 4 rings (SSSR count). The van der Waals surface area contributed by atoms with Gasteiger partial charge in [-0.15, -0.1) is 37.2 Å². The summed E-state index contributed by atoms with van der Waals surface area (Å²) in [6.07, 6.45) is 2.67. The molecule has 0 saturated heterocycles. The zero-order valence-electron chi connectivity index (χ0n) is 32.0. The van der Waals surface area contributed by atoms with E-state index in [0.29, 0.717) is 41.4 Å². The summed E-state index contributed by atoms with van der Waals surface area (Å²) in [4.78, 5) is 0. The van der Waals surface area contributed by atoms with Gasteiger partial charge in [0.15, 0.2) is 0 Å². The van der Waals surface area contributed by atoms with Gasteiger partial charge in [0.25, 0.3) is 0 Å². The van der Waals surface area contributed by atoms with Gasteiger partial charge in [0.05, 0.1) is 0 Å². The molecule has 0 radical (unpaired) electrons. The number of hydrogen-bond acceptors (Lipinski definition) is 0. The van der Waals surface area contributed by atoms with Crippen LogP contribution in [0.3, 0.4) is 0 Å². The van der Waals surface area contributed by atoms with Crippen LogP contribution in [0, 0.1) is 5.92 Å². The van der Waals surface area contributed by atoms with E-state index < -0.39 is 8.07 Å². The Morgan fingerprint density at radius 1 is 0.458 bits per heavy atom. The van der Waals surface area contributed by atoms with Crippen molar-refractivity contribution in [3.8, 4) is 0 Å². The summed E-state index contributed by atoms with van der Waals surface area (Å²) in [6, 6.07) is 23.2. The molecule has 0 aromatic heterocycles. The second-order valence-electron chi connectivity index (χ2n) is 15.8. The fraction of sp³-hybridized carbons (Fsp3) is 0.488. The Kier molecular flexibility index (Phi) is 16.8. The molecule has 1 aliphatic carbocycles. The fourth-order valence-corrected chi connectivity index (χ4v) is 13.0. The summed E-state index contributed by atoms with van der Waals surface area (Å²) in [5, 5.41) is 6.26. The maximum absolute atomic E-state index is 2.80. The van der Waals surface area contributed by atoms with Gasteiger partial charge in [-0.25, -0.2) is 0 Å². The van der Waals surface area contributed by atoms with Crippen LogP contribution in [0.4, 0.5) is 0 Å². The van der Waals surface area contributed by atoms with E-state index in [1.807, 2.05) is 0 Å². The van der Waals surface area contributed by atoms with Crippen molar-refractivity contribution in [3.63, 3.8) is 0 Å². The summed E-state index contributed by atoms with van der Waals surface area (Å²) in [7, 11) is -2.80. The first-order chi connectivity index (χ1) is 21.0. The second kappa shape index (κ2) is 17.9. The van der Waals surface area contributed by atoms with Crippen LogP contribution in [0.25, 0.3) is 0 Å². The first-order valence-corrected chi connectivity index (χ1v) is 20.4. The molecule has 48 heavy (non-hydrogen) atoms. The summed E-state index contributed by atoms with van der Waals surface area (Å²) in [6.45, 7) is 33.2. The van der Waals surface area contributed by atoms with Crippen molar-refractivity contribution in [3.05, 3.63) is 109 Å². The van der Waals surface area contributed by atoms with E-state index in [2.05, 4.69) is 178 Å². The standard InChI is InChI=1S/C43H59Si.3ClH.Ti/c1-26(2)34-17-35(27(3)4)21-40(20-34)44(43-16-32(13)15-33(43)14,41-22-36(28(5)6)18-37(23-41)29(7)8)42-24-38(30(9)10)19-39(25-42)31(11)12;;;;/h16-32H,1-14H3;3*1H;. The SMILES string of the molecule is CC1=[C]([Ti])C(C)C=C1[Si](c1cc(C(C)C)cc(C(C)C)c1)(c1cc(C(C)C)cc(C(C)C)c1)c1cc(C(C)C)cc(C(C)C)c1.Cl.Cl.Cl. The zero-order valence-corrected chi connectivity index (χ0v) is 37.1. The van der Waals surface area contributed by atoms with Crippen molar-refractivity contribution in [2.75, 3.05) is 0 Å². The Morgan fingerprint density at radius 2 is 0.688 bits per heavy atom. The van der Waals surface area contributed by atoms with E-state index in [4.69, 9.17) is 0 Å². The molecule has 263 valence electrons. The van der Waals surface area contributed by atoms with Gasteiger partial charge in [0, 0.05) is 0 Å². The van der Waals surface area contributed by atoms with Crippen LogP contribution in [-0.2, 0) is 20.4 Å². The van der Waals surface area contributed by atoms with E-state index in [1.165, 1.54) is 42.8 Å². The Bertz CT molecular complexity index is 1380. The van der Waals surface area contributed by atoms with Crippen LogP contribution in [0.5, 0.6) is 0 Å². The normalized spacial score (nSPS) is 15.0. The first kappa shape index (κ1) is 45.0. The smallest absolute Gasteiger partial charge is 0.147 e. The third-order valence-corrected chi connectivity index (χ3v) is 16.4. The molecule has 3 aromatic carbocycles. The van der Waals surface area contributed by atoms with E-state index in [1.54, 1.807) is 20.8 Å². The third kappa shape index (κ3) is 8.86. The second-order valence-corrected chi connectivity index (χ2v) is 20.4. The molecular weight excluding hydrogens is 699 g/mol. The van der Waals surface area contributed by atoms with Crippen molar-refractivity contribution >= 4 is 60.9 Å². The minimum atomic E-state index is -2.80. The van der Waals surface area contributed by atoms with Crippen LogP contribution in [0.15, 0.2) is 75.3 Å². The van der Waals surface area contributed by atoms with Crippen molar-refractivity contribution in [2.24, 2.45) is 5.92 Å². The first-order valence-electron chi connectivity index (χ1n) is 17.6. The largest absolute Gasteiger partial charge is 0.147 e. The van der Waals surface area contributed by atoms with Gasteiger partial charge in [-0.2, -0.15) is 0 Å². The van der Waals surface area contributed by atoms with Crippen LogP contribution < -0.4 is 15.6 Å². The predicted molar refractivity (Wildman–Crippen MR) is 220 cm³/mol. The number of allylic oxidation sites excluding steroid dienone is 4. The molecule has 1 aliphatic rings. The minimum Gasteiger partial charge on any atom is -0.147 e. The van der Waals surface area contributed by atoms with Crippen molar-refractivity contribution in [2.45, 2.75) is 132 Å². The molecule has 0 aliphatic heterocycles. The fourth-order valence-electron chi connectivity index (χ4n) is 7.00. The van der Waals surface area contributed by atoms with Crippen molar-refractivity contribution < 1.29 is 20.4 Å². The predicted octanol–water partition coefficient (Wildman–Crippen LogP) is 12.1. The molecular formula is C43H62Cl3SiTi. The van der Waals surface area contributed by atoms with Gasteiger partial charge < -0.3 is 0 Å². The summed E-state index contributed by atoms with van der Waals surface area (Å²) < 4.78 is 1.53. The van der Waals surface area contributed by atoms with Gasteiger partial charge in [-0.3, -0.25) is 0 Å². The molecule has 0 N–H and O–H groups in total. The quantitative estimate of drug-likeness (QED) is 0.143. The number of rotatable bonds is 10. The van der Waals surface area contributed by atoms with Crippen molar-refractivity contribution in [1.82, 2.24) is 0 Å². The minimum absolute atomic E-state index is 0.